The maximum absolute atomic E-state index is 12.4. The Morgan fingerprint density at radius 1 is 1.07 bits per heavy atom. The van der Waals surface area contributed by atoms with Crippen molar-refractivity contribution < 1.29 is 14.3 Å². The highest BCUT2D eigenvalue weighted by Gasteiger charge is 2.21. The summed E-state index contributed by atoms with van der Waals surface area (Å²) in [4.78, 5) is 28.3. The molecule has 0 saturated carbocycles. The van der Waals surface area contributed by atoms with E-state index in [-0.39, 0.29) is 11.8 Å². The number of rotatable bonds is 5. The summed E-state index contributed by atoms with van der Waals surface area (Å²) in [5.74, 6) is 0.671. The number of nitrogens with one attached hydrogen (secondary N) is 1. The molecule has 1 aliphatic rings. The van der Waals surface area contributed by atoms with E-state index < -0.39 is 0 Å². The number of carbonyl (C=O) groups is 2. The highest BCUT2D eigenvalue weighted by Crippen LogP contribution is 2.30. The second-order valence-corrected chi connectivity index (χ2v) is 6.98. The average molecular weight is 402 g/mol. The van der Waals surface area contributed by atoms with E-state index in [9.17, 15) is 9.59 Å². The molecule has 2 aromatic rings. The van der Waals surface area contributed by atoms with Crippen LogP contribution >= 0.6 is 11.6 Å². The number of anilines is 2. The van der Waals surface area contributed by atoms with Crippen LogP contribution in [0.5, 0.6) is 5.75 Å². The topological polar surface area (TPSA) is 61.9 Å². The molecule has 0 bridgehead atoms. The maximum Gasteiger partial charge on any atom is 0.255 e. The third-order valence-electron chi connectivity index (χ3n) is 4.83. The first kappa shape index (κ1) is 20.0. The van der Waals surface area contributed by atoms with E-state index >= 15 is 0 Å². The lowest BCUT2D eigenvalue weighted by Crippen LogP contribution is -2.48. The molecule has 148 valence electrons. The standard InChI is InChI=1S/C21H24ClN3O3/c1-3-20(26)25-12-10-24(11-13-25)19-9-6-16(14-18(19)22)23-21(27)15-4-7-17(28-2)8-5-15/h4-9,14H,3,10-13H2,1-2H3,(H,23,27). The smallest absolute Gasteiger partial charge is 0.255 e. The number of amides is 2. The van der Waals surface area contributed by atoms with Gasteiger partial charge in [-0.05, 0) is 42.5 Å². The van der Waals surface area contributed by atoms with Gasteiger partial charge in [-0.15, -0.1) is 0 Å². The predicted octanol–water partition coefficient (Wildman–Crippen LogP) is 3.66. The molecule has 7 heteroatoms. The molecule has 0 spiro atoms. The van der Waals surface area contributed by atoms with E-state index in [4.69, 9.17) is 16.3 Å². The second-order valence-electron chi connectivity index (χ2n) is 6.57. The molecule has 0 radical (unpaired) electrons. The average Bonchev–Trinajstić information content (AvgIpc) is 2.73. The van der Waals surface area contributed by atoms with Crippen molar-refractivity contribution in [1.82, 2.24) is 4.90 Å². The van der Waals surface area contributed by atoms with E-state index in [1.54, 1.807) is 37.4 Å². The highest BCUT2D eigenvalue weighted by molar-refractivity contribution is 6.33. The molecule has 1 heterocycles. The summed E-state index contributed by atoms with van der Waals surface area (Å²) in [6.45, 7) is 4.74. The number of halogens is 1. The Bertz CT molecular complexity index is 846. The van der Waals surface area contributed by atoms with Gasteiger partial charge in [-0.3, -0.25) is 9.59 Å². The number of piperazine rings is 1. The van der Waals surface area contributed by atoms with Crippen LogP contribution in [0.3, 0.4) is 0 Å². The summed E-state index contributed by atoms with van der Waals surface area (Å²) in [5.41, 5.74) is 2.08. The third-order valence-corrected chi connectivity index (χ3v) is 5.14. The lowest BCUT2D eigenvalue weighted by atomic mass is 10.2. The lowest BCUT2D eigenvalue weighted by molar-refractivity contribution is -0.131. The molecule has 28 heavy (non-hydrogen) atoms. The Balaban J connectivity index is 1.64. The molecule has 6 nitrogen and oxygen atoms in total. The van der Waals surface area contributed by atoms with Crippen LogP contribution in [-0.4, -0.2) is 50.0 Å². The van der Waals surface area contributed by atoms with Gasteiger partial charge >= 0.3 is 0 Å². The predicted molar refractivity (Wildman–Crippen MR) is 111 cm³/mol. The number of nitrogens with zero attached hydrogens (tertiary/aromatic N) is 2. The van der Waals surface area contributed by atoms with Gasteiger partial charge in [0.05, 0.1) is 17.8 Å². The maximum atomic E-state index is 12.4. The molecule has 1 fully saturated rings. The zero-order chi connectivity index (χ0) is 20.1. The quantitative estimate of drug-likeness (QED) is 0.830. The molecule has 2 amide bonds. The number of carbonyl (C=O) groups excluding carboxylic acids is 2. The Labute approximate surface area is 170 Å². The number of hydrogen-bond donors (Lipinski definition) is 1. The van der Waals surface area contributed by atoms with Gasteiger partial charge in [0.25, 0.3) is 5.91 Å². The van der Waals surface area contributed by atoms with Crippen LogP contribution in [0.1, 0.15) is 23.7 Å². The van der Waals surface area contributed by atoms with E-state index in [0.29, 0.717) is 41.5 Å². The fourth-order valence-electron chi connectivity index (χ4n) is 3.21. The Hall–Kier alpha value is -2.73. The zero-order valence-corrected chi connectivity index (χ0v) is 16.8. The first-order valence-corrected chi connectivity index (χ1v) is 9.67. The van der Waals surface area contributed by atoms with Gasteiger partial charge in [0.1, 0.15) is 5.75 Å². The molecular formula is C21H24ClN3O3. The minimum Gasteiger partial charge on any atom is -0.497 e. The van der Waals surface area contributed by atoms with Crippen molar-refractivity contribution in [2.45, 2.75) is 13.3 Å². The molecule has 1 saturated heterocycles. The second kappa shape index (κ2) is 8.97. The van der Waals surface area contributed by atoms with Gasteiger partial charge in [-0.25, -0.2) is 0 Å². The minimum absolute atomic E-state index is 0.183. The Morgan fingerprint density at radius 2 is 1.75 bits per heavy atom. The largest absolute Gasteiger partial charge is 0.497 e. The van der Waals surface area contributed by atoms with Crippen molar-refractivity contribution in [3.63, 3.8) is 0 Å². The van der Waals surface area contributed by atoms with Gasteiger partial charge in [-0.2, -0.15) is 0 Å². The fourth-order valence-corrected chi connectivity index (χ4v) is 3.51. The van der Waals surface area contributed by atoms with Crippen LogP contribution in [0, 0.1) is 0 Å². The van der Waals surface area contributed by atoms with Crippen LogP contribution in [0.15, 0.2) is 42.5 Å². The molecule has 0 unspecified atom stereocenters. The minimum atomic E-state index is -0.210. The number of ether oxygens (including phenoxy) is 1. The summed E-state index contributed by atoms with van der Waals surface area (Å²) in [6, 6.07) is 12.4. The van der Waals surface area contributed by atoms with Crippen LogP contribution < -0.4 is 15.0 Å². The molecule has 1 N–H and O–H groups in total. The van der Waals surface area contributed by atoms with E-state index in [1.807, 2.05) is 24.0 Å². The lowest BCUT2D eigenvalue weighted by Gasteiger charge is -2.36. The van der Waals surface area contributed by atoms with Crippen LogP contribution in [0.2, 0.25) is 5.02 Å². The van der Waals surface area contributed by atoms with Crippen molar-refractivity contribution in [1.29, 1.82) is 0 Å². The van der Waals surface area contributed by atoms with Gasteiger partial charge in [0.15, 0.2) is 0 Å². The van der Waals surface area contributed by atoms with Gasteiger partial charge in [-0.1, -0.05) is 18.5 Å². The van der Waals surface area contributed by atoms with Gasteiger partial charge < -0.3 is 19.9 Å². The monoisotopic (exact) mass is 401 g/mol. The van der Waals surface area contributed by atoms with Crippen LogP contribution in [0.25, 0.3) is 0 Å². The molecule has 0 atom stereocenters. The normalized spacial score (nSPS) is 14.0. The molecule has 0 aliphatic carbocycles. The molecule has 1 aliphatic heterocycles. The van der Waals surface area contributed by atoms with Gasteiger partial charge in [0.2, 0.25) is 5.91 Å². The summed E-state index contributed by atoms with van der Waals surface area (Å²) in [7, 11) is 1.58. The van der Waals surface area contributed by atoms with Crippen molar-refractivity contribution in [3.05, 3.63) is 53.1 Å². The first-order chi connectivity index (χ1) is 13.5. The third kappa shape index (κ3) is 4.57. The number of methoxy groups -OCH3 is 1. The molecule has 2 aromatic carbocycles. The van der Waals surface area contributed by atoms with Crippen molar-refractivity contribution >= 4 is 34.8 Å². The SMILES string of the molecule is CCC(=O)N1CCN(c2ccc(NC(=O)c3ccc(OC)cc3)cc2Cl)CC1. The van der Waals surface area contributed by atoms with Crippen LogP contribution in [0.4, 0.5) is 11.4 Å². The van der Waals surface area contributed by atoms with E-state index in [2.05, 4.69) is 10.2 Å². The molecule has 3 rings (SSSR count). The summed E-state index contributed by atoms with van der Waals surface area (Å²) in [6.07, 6.45) is 0.531. The Kier molecular flexibility index (Phi) is 6.41. The molecule has 0 aromatic heterocycles. The van der Waals surface area contributed by atoms with E-state index in [1.165, 1.54) is 0 Å². The zero-order valence-electron chi connectivity index (χ0n) is 16.1. The summed E-state index contributed by atoms with van der Waals surface area (Å²) < 4.78 is 5.10. The molecular weight excluding hydrogens is 378 g/mol. The number of benzene rings is 2. The first-order valence-electron chi connectivity index (χ1n) is 9.29. The fraction of sp³-hybridized carbons (Fsp3) is 0.333. The van der Waals surface area contributed by atoms with Crippen molar-refractivity contribution in [2.24, 2.45) is 0 Å². The highest BCUT2D eigenvalue weighted by atomic mass is 35.5. The van der Waals surface area contributed by atoms with Gasteiger partial charge in [0, 0.05) is 43.9 Å². The number of hydrogen-bond acceptors (Lipinski definition) is 4. The summed E-state index contributed by atoms with van der Waals surface area (Å²) in [5, 5.41) is 3.43. The van der Waals surface area contributed by atoms with E-state index in [0.717, 1.165) is 18.8 Å². The van der Waals surface area contributed by atoms with Crippen molar-refractivity contribution in [3.8, 4) is 5.75 Å². The summed E-state index contributed by atoms with van der Waals surface area (Å²) >= 11 is 6.47. The Morgan fingerprint density at radius 3 is 2.32 bits per heavy atom. The van der Waals surface area contributed by atoms with Crippen LogP contribution in [-0.2, 0) is 4.79 Å². The van der Waals surface area contributed by atoms with Crippen molar-refractivity contribution in [2.75, 3.05) is 43.5 Å².